The molecule has 0 aliphatic carbocycles. The average molecular weight is 279 g/mol. The van der Waals surface area contributed by atoms with Crippen LogP contribution in [-0.2, 0) is 6.61 Å². The molecule has 0 aliphatic heterocycles. The van der Waals surface area contributed by atoms with E-state index in [9.17, 15) is 0 Å². The molecule has 2 aromatic rings. The third-order valence-corrected chi connectivity index (χ3v) is 2.94. The van der Waals surface area contributed by atoms with Crippen LogP contribution in [0.4, 0.5) is 5.69 Å². The molecule has 0 amide bonds. The number of anilines is 1. The minimum Gasteiger partial charge on any atom is -0.439 e. The van der Waals surface area contributed by atoms with E-state index in [0.29, 0.717) is 22.3 Å². The van der Waals surface area contributed by atoms with Crippen molar-refractivity contribution >= 4 is 17.3 Å². The van der Waals surface area contributed by atoms with Crippen LogP contribution in [0.1, 0.15) is 5.69 Å². The van der Waals surface area contributed by atoms with Crippen LogP contribution in [0.25, 0.3) is 0 Å². The molecule has 0 bridgehead atoms. The summed E-state index contributed by atoms with van der Waals surface area (Å²) in [5, 5.41) is 9.54. The molecule has 1 aromatic heterocycles. The molecule has 1 heterocycles. The molecule has 0 unspecified atom stereocenters. The minimum atomic E-state index is -0.215. The first-order chi connectivity index (χ1) is 9.10. The standard InChI is InChI=1S/C14H15ClN2O2/c1-17(2)10-4-3-5-11(8-10)19-14-7-6-12(15)13(9-18)16-14/h3-8,18H,9H2,1-2H3. The molecule has 0 atom stereocenters. The highest BCUT2D eigenvalue weighted by Gasteiger charge is 2.05. The van der Waals surface area contributed by atoms with Crippen LogP contribution in [0, 0.1) is 0 Å². The van der Waals surface area contributed by atoms with Crippen LogP contribution in [0.5, 0.6) is 11.6 Å². The average Bonchev–Trinajstić information content (AvgIpc) is 2.41. The normalized spacial score (nSPS) is 10.3. The van der Waals surface area contributed by atoms with E-state index < -0.39 is 0 Å². The van der Waals surface area contributed by atoms with Gasteiger partial charge in [0.1, 0.15) is 5.75 Å². The Morgan fingerprint density at radius 1 is 1.26 bits per heavy atom. The Labute approximate surface area is 117 Å². The number of ether oxygens (including phenoxy) is 1. The van der Waals surface area contributed by atoms with Crippen molar-refractivity contribution in [3.05, 3.63) is 47.1 Å². The lowest BCUT2D eigenvalue weighted by Gasteiger charge is -2.14. The summed E-state index contributed by atoms with van der Waals surface area (Å²) in [7, 11) is 3.92. The first-order valence-corrected chi connectivity index (χ1v) is 6.19. The molecule has 0 aliphatic rings. The van der Waals surface area contributed by atoms with Gasteiger partial charge in [0.2, 0.25) is 5.88 Å². The molecule has 2 rings (SSSR count). The molecule has 5 heteroatoms. The Bertz CT molecular complexity index is 573. The second-order valence-electron chi connectivity index (χ2n) is 4.23. The Hall–Kier alpha value is -1.78. The lowest BCUT2D eigenvalue weighted by atomic mass is 10.3. The van der Waals surface area contributed by atoms with Crippen molar-refractivity contribution in [2.24, 2.45) is 0 Å². The molecular weight excluding hydrogens is 264 g/mol. The number of rotatable bonds is 4. The second kappa shape index (κ2) is 5.91. The number of aromatic nitrogens is 1. The second-order valence-corrected chi connectivity index (χ2v) is 4.64. The molecule has 19 heavy (non-hydrogen) atoms. The predicted octanol–water partition coefficient (Wildman–Crippen LogP) is 3.09. The van der Waals surface area contributed by atoms with E-state index in [1.54, 1.807) is 12.1 Å². The van der Waals surface area contributed by atoms with Crippen molar-refractivity contribution in [3.63, 3.8) is 0 Å². The number of nitrogens with zero attached hydrogens (tertiary/aromatic N) is 2. The van der Waals surface area contributed by atoms with E-state index in [0.717, 1.165) is 5.69 Å². The predicted molar refractivity (Wildman–Crippen MR) is 76.0 cm³/mol. The molecule has 0 saturated carbocycles. The van der Waals surface area contributed by atoms with Gasteiger partial charge in [0.15, 0.2) is 0 Å². The van der Waals surface area contributed by atoms with E-state index in [4.69, 9.17) is 21.4 Å². The third-order valence-electron chi connectivity index (χ3n) is 2.60. The number of aliphatic hydroxyl groups is 1. The Morgan fingerprint density at radius 2 is 2.05 bits per heavy atom. The van der Waals surface area contributed by atoms with Gasteiger partial charge < -0.3 is 14.7 Å². The van der Waals surface area contributed by atoms with Crippen molar-refractivity contribution in [2.45, 2.75) is 6.61 Å². The van der Waals surface area contributed by atoms with Crippen LogP contribution in [0.15, 0.2) is 36.4 Å². The zero-order chi connectivity index (χ0) is 13.8. The zero-order valence-corrected chi connectivity index (χ0v) is 11.6. The molecule has 1 N–H and O–H groups in total. The van der Waals surface area contributed by atoms with Crippen molar-refractivity contribution < 1.29 is 9.84 Å². The summed E-state index contributed by atoms with van der Waals surface area (Å²) in [6.45, 7) is -0.215. The summed E-state index contributed by atoms with van der Waals surface area (Å²) in [5.74, 6) is 1.09. The lowest BCUT2D eigenvalue weighted by Crippen LogP contribution is -2.08. The molecule has 0 saturated heterocycles. The highest BCUT2D eigenvalue weighted by atomic mass is 35.5. The molecule has 0 spiro atoms. The van der Waals surface area contributed by atoms with Gasteiger partial charge in [0.25, 0.3) is 0 Å². The maximum absolute atomic E-state index is 9.12. The van der Waals surface area contributed by atoms with Crippen molar-refractivity contribution in [1.29, 1.82) is 0 Å². The maximum Gasteiger partial charge on any atom is 0.219 e. The summed E-state index contributed by atoms with van der Waals surface area (Å²) in [6.07, 6.45) is 0. The molecule has 1 aromatic carbocycles. The Kier molecular flexibility index (Phi) is 4.24. The van der Waals surface area contributed by atoms with Gasteiger partial charge >= 0.3 is 0 Å². The SMILES string of the molecule is CN(C)c1cccc(Oc2ccc(Cl)c(CO)n2)c1. The summed E-state index contributed by atoms with van der Waals surface area (Å²) in [5.41, 5.74) is 1.44. The van der Waals surface area contributed by atoms with Gasteiger partial charge in [0, 0.05) is 31.9 Å². The lowest BCUT2D eigenvalue weighted by molar-refractivity contribution is 0.275. The van der Waals surface area contributed by atoms with Crippen LogP contribution in [-0.4, -0.2) is 24.2 Å². The Balaban J connectivity index is 2.23. The van der Waals surface area contributed by atoms with E-state index in [-0.39, 0.29) is 6.61 Å². The molecule has 0 fully saturated rings. The number of hydrogen-bond donors (Lipinski definition) is 1. The number of hydrogen-bond acceptors (Lipinski definition) is 4. The number of benzene rings is 1. The fourth-order valence-corrected chi connectivity index (χ4v) is 1.74. The largest absolute Gasteiger partial charge is 0.439 e. The van der Waals surface area contributed by atoms with Gasteiger partial charge in [-0.15, -0.1) is 0 Å². The summed E-state index contributed by atoms with van der Waals surface area (Å²) in [4.78, 5) is 6.13. The zero-order valence-electron chi connectivity index (χ0n) is 10.8. The van der Waals surface area contributed by atoms with Gasteiger partial charge in [-0.3, -0.25) is 0 Å². The van der Waals surface area contributed by atoms with E-state index in [1.165, 1.54) is 0 Å². The first-order valence-electron chi connectivity index (χ1n) is 5.81. The highest BCUT2D eigenvalue weighted by molar-refractivity contribution is 6.31. The molecule has 0 radical (unpaired) electrons. The fourth-order valence-electron chi connectivity index (χ4n) is 1.58. The van der Waals surface area contributed by atoms with Crippen LogP contribution in [0.2, 0.25) is 5.02 Å². The topological polar surface area (TPSA) is 45.6 Å². The van der Waals surface area contributed by atoms with Gasteiger partial charge in [-0.05, 0) is 18.2 Å². The van der Waals surface area contributed by atoms with Crippen LogP contribution < -0.4 is 9.64 Å². The van der Waals surface area contributed by atoms with E-state index in [1.807, 2.05) is 43.3 Å². The van der Waals surface area contributed by atoms with Crippen molar-refractivity contribution in [2.75, 3.05) is 19.0 Å². The molecule has 4 nitrogen and oxygen atoms in total. The van der Waals surface area contributed by atoms with Crippen molar-refractivity contribution in [1.82, 2.24) is 4.98 Å². The molecular formula is C14H15ClN2O2. The van der Waals surface area contributed by atoms with Crippen LogP contribution >= 0.6 is 11.6 Å². The van der Waals surface area contributed by atoms with Crippen molar-refractivity contribution in [3.8, 4) is 11.6 Å². The highest BCUT2D eigenvalue weighted by Crippen LogP contribution is 2.25. The monoisotopic (exact) mass is 278 g/mol. The minimum absolute atomic E-state index is 0.215. The first kappa shape index (κ1) is 13.6. The molecule has 100 valence electrons. The summed E-state index contributed by atoms with van der Waals surface area (Å²) >= 11 is 5.88. The number of halogens is 1. The quantitative estimate of drug-likeness (QED) is 0.933. The van der Waals surface area contributed by atoms with Gasteiger partial charge in [-0.25, -0.2) is 4.98 Å². The summed E-state index contributed by atoms with van der Waals surface area (Å²) < 4.78 is 5.66. The Morgan fingerprint density at radius 3 is 2.74 bits per heavy atom. The van der Waals surface area contributed by atoms with Gasteiger partial charge in [-0.2, -0.15) is 0 Å². The number of pyridine rings is 1. The number of aliphatic hydroxyl groups excluding tert-OH is 1. The van der Waals surface area contributed by atoms with Gasteiger partial charge in [-0.1, -0.05) is 17.7 Å². The summed E-state index contributed by atoms with van der Waals surface area (Å²) in [6, 6.07) is 11.0. The third kappa shape index (κ3) is 3.36. The van der Waals surface area contributed by atoms with E-state index >= 15 is 0 Å². The van der Waals surface area contributed by atoms with Gasteiger partial charge in [0.05, 0.1) is 17.3 Å². The van der Waals surface area contributed by atoms with E-state index in [2.05, 4.69) is 4.98 Å². The maximum atomic E-state index is 9.12. The smallest absolute Gasteiger partial charge is 0.219 e. The fraction of sp³-hybridized carbons (Fsp3) is 0.214. The van der Waals surface area contributed by atoms with Crippen LogP contribution in [0.3, 0.4) is 0 Å².